The van der Waals surface area contributed by atoms with Gasteiger partial charge in [0.25, 0.3) is 0 Å². The van der Waals surface area contributed by atoms with Crippen molar-refractivity contribution >= 4 is 51.8 Å². The van der Waals surface area contributed by atoms with Gasteiger partial charge in [-0.05, 0) is 25.0 Å². The zero-order chi connectivity index (χ0) is 16.4. The first kappa shape index (κ1) is 22.2. The van der Waals surface area contributed by atoms with Crippen LogP contribution in [0.2, 0.25) is 0 Å². The fraction of sp³-hybridized carbons (Fsp3) is 0.500. The lowest BCUT2D eigenvalue weighted by Gasteiger charge is -2.22. The van der Waals surface area contributed by atoms with Gasteiger partial charge in [-0.25, -0.2) is 0 Å². The van der Waals surface area contributed by atoms with E-state index in [4.69, 9.17) is 4.74 Å². The van der Waals surface area contributed by atoms with E-state index in [2.05, 4.69) is 32.3 Å². The van der Waals surface area contributed by atoms with E-state index in [0.717, 1.165) is 23.4 Å². The molecule has 0 aliphatic carbocycles. The maximum Gasteiger partial charge on any atom is 0.305 e. The molecule has 0 atom stereocenters. The predicted molar refractivity (Wildman–Crippen MR) is 108 cm³/mol. The third-order valence-corrected chi connectivity index (χ3v) is 3.86. The number of guanidine groups is 1. The average Bonchev–Trinajstić information content (AvgIpc) is 2.50. The van der Waals surface area contributed by atoms with Crippen LogP contribution in [0.4, 0.5) is 0 Å². The minimum absolute atomic E-state index is 0. The Morgan fingerprint density at radius 3 is 2.70 bits per heavy atom. The molecule has 0 spiro atoms. The van der Waals surface area contributed by atoms with Crippen molar-refractivity contribution in [1.29, 1.82) is 0 Å². The number of nitrogens with one attached hydrogen (secondary N) is 1. The number of benzene rings is 1. The highest BCUT2D eigenvalue weighted by atomic mass is 127. The molecule has 0 fully saturated rings. The van der Waals surface area contributed by atoms with Crippen molar-refractivity contribution in [2.75, 3.05) is 27.2 Å². The van der Waals surface area contributed by atoms with Crippen LogP contribution in [0.1, 0.15) is 25.3 Å². The fourth-order valence-electron chi connectivity index (χ4n) is 2.01. The summed E-state index contributed by atoms with van der Waals surface area (Å²) < 4.78 is 5.99. The molecule has 5 nitrogen and oxygen atoms in total. The SMILES string of the molecule is CCOC(=O)CCCNC(=NC)N(C)Cc1ccccc1Br.I. The molecule has 130 valence electrons. The molecule has 0 aliphatic heterocycles. The molecule has 1 aromatic carbocycles. The van der Waals surface area contributed by atoms with Crippen molar-refractivity contribution < 1.29 is 9.53 Å². The molecular weight excluding hydrogens is 473 g/mol. The van der Waals surface area contributed by atoms with Crippen molar-refractivity contribution in [1.82, 2.24) is 10.2 Å². The summed E-state index contributed by atoms with van der Waals surface area (Å²) in [7, 11) is 3.74. The molecule has 0 saturated carbocycles. The number of hydrogen-bond donors (Lipinski definition) is 1. The summed E-state index contributed by atoms with van der Waals surface area (Å²) in [5, 5.41) is 3.26. The van der Waals surface area contributed by atoms with Crippen LogP contribution >= 0.6 is 39.9 Å². The van der Waals surface area contributed by atoms with Crippen LogP contribution in [0, 0.1) is 0 Å². The minimum atomic E-state index is -0.152. The Balaban J connectivity index is 0.00000484. The third-order valence-electron chi connectivity index (χ3n) is 3.08. The standard InChI is InChI=1S/C16H24BrN3O2.HI/c1-4-22-15(21)10-7-11-19-16(18-2)20(3)12-13-8-5-6-9-14(13)17;/h5-6,8-9H,4,7,10-12H2,1-3H3,(H,18,19);1H. The van der Waals surface area contributed by atoms with Gasteiger partial charge in [-0.2, -0.15) is 0 Å². The highest BCUT2D eigenvalue weighted by Gasteiger charge is 2.08. The molecule has 0 amide bonds. The van der Waals surface area contributed by atoms with Crippen LogP contribution in [0.3, 0.4) is 0 Å². The Kier molecular flexibility index (Phi) is 12.1. The van der Waals surface area contributed by atoms with Crippen LogP contribution < -0.4 is 5.32 Å². The quantitative estimate of drug-likeness (QED) is 0.206. The molecule has 0 radical (unpaired) electrons. The monoisotopic (exact) mass is 497 g/mol. The van der Waals surface area contributed by atoms with Crippen molar-refractivity contribution in [3.05, 3.63) is 34.3 Å². The molecule has 0 unspecified atom stereocenters. The Morgan fingerprint density at radius 2 is 2.09 bits per heavy atom. The van der Waals surface area contributed by atoms with Crippen LogP contribution in [0.25, 0.3) is 0 Å². The largest absolute Gasteiger partial charge is 0.466 e. The van der Waals surface area contributed by atoms with E-state index in [1.807, 2.05) is 37.1 Å². The van der Waals surface area contributed by atoms with Gasteiger partial charge in [-0.15, -0.1) is 24.0 Å². The van der Waals surface area contributed by atoms with Crippen molar-refractivity contribution in [2.45, 2.75) is 26.3 Å². The Labute approximate surface area is 164 Å². The molecule has 0 aromatic heterocycles. The molecular formula is C16H25BrIN3O2. The van der Waals surface area contributed by atoms with E-state index in [9.17, 15) is 4.79 Å². The number of ether oxygens (including phenoxy) is 1. The maximum absolute atomic E-state index is 11.3. The van der Waals surface area contributed by atoms with Gasteiger partial charge in [0.05, 0.1) is 6.61 Å². The van der Waals surface area contributed by atoms with Crippen LogP contribution in [0.5, 0.6) is 0 Å². The summed E-state index contributed by atoms with van der Waals surface area (Å²) >= 11 is 3.55. The Morgan fingerprint density at radius 1 is 1.39 bits per heavy atom. The smallest absolute Gasteiger partial charge is 0.305 e. The summed E-state index contributed by atoms with van der Waals surface area (Å²) in [5.74, 6) is 0.653. The third kappa shape index (κ3) is 8.55. The van der Waals surface area contributed by atoms with Gasteiger partial charge in [0, 0.05) is 38.1 Å². The molecule has 23 heavy (non-hydrogen) atoms. The second-order valence-electron chi connectivity index (χ2n) is 4.83. The van der Waals surface area contributed by atoms with E-state index in [0.29, 0.717) is 19.6 Å². The highest BCUT2D eigenvalue weighted by molar-refractivity contribution is 14.0. The maximum atomic E-state index is 11.3. The molecule has 0 heterocycles. The van der Waals surface area contributed by atoms with Crippen molar-refractivity contribution in [2.24, 2.45) is 4.99 Å². The zero-order valence-electron chi connectivity index (χ0n) is 13.8. The van der Waals surface area contributed by atoms with E-state index >= 15 is 0 Å². The van der Waals surface area contributed by atoms with E-state index in [1.54, 1.807) is 7.05 Å². The summed E-state index contributed by atoms with van der Waals surface area (Å²) in [6.45, 7) is 3.68. The van der Waals surface area contributed by atoms with Gasteiger partial charge in [0.2, 0.25) is 0 Å². The van der Waals surface area contributed by atoms with E-state index in [1.165, 1.54) is 5.56 Å². The molecule has 1 aromatic rings. The van der Waals surface area contributed by atoms with Crippen molar-refractivity contribution in [3.63, 3.8) is 0 Å². The summed E-state index contributed by atoms with van der Waals surface area (Å²) in [5.41, 5.74) is 1.19. The van der Waals surface area contributed by atoms with E-state index < -0.39 is 0 Å². The molecule has 1 rings (SSSR count). The fourth-order valence-corrected chi connectivity index (χ4v) is 2.42. The average molecular weight is 498 g/mol. The number of nitrogens with zero attached hydrogens (tertiary/aromatic N) is 2. The van der Waals surface area contributed by atoms with Crippen molar-refractivity contribution in [3.8, 4) is 0 Å². The first-order valence-electron chi connectivity index (χ1n) is 7.39. The van der Waals surface area contributed by atoms with Crippen LogP contribution in [0.15, 0.2) is 33.7 Å². The summed E-state index contributed by atoms with van der Waals surface area (Å²) in [6.07, 6.45) is 1.15. The number of carbonyl (C=O) groups excluding carboxylic acids is 1. The number of aliphatic imine (C=N–C) groups is 1. The number of esters is 1. The molecule has 0 bridgehead atoms. The number of halogens is 2. The molecule has 7 heteroatoms. The molecule has 0 aliphatic rings. The van der Waals surface area contributed by atoms with Gasteiger partial charge < -0.3 is 15.0 Å². The number of hydrogen-bond acceptors (Lipinski definition) is 3. The number of rotatable bonds is 7. The second-order valence-corrected chi connectivity index (χ2v) is 5.68. The van der Waals surface area contributed by atoms with Gasteiger partial charge in [-0.3, -0.25) is 9.79 Å². The first-order chi connectivity index (χ1) is 10.6. The van der Waals surface area contributed by atoms with Gasteiger partial charge >= 0.3 is 5.97 Å². The van der Waals surface area contributed by atoms with E-state index in [-0.39, 0.29) is 29.9 Å². The normalized spacial score (nSPS) is 10.7. The van der Waals surface area contributed by atoms with Gasteiger partial charge in [0.15, 0.2) is 5.96 Å². The zero-order valence-corrected chi connectivity index (χ0v) is 17.8. The van der Waals surface area contributed by atoms with Crippen LogP contribution in [-0.4, -0.2) is 44.1 Å². The minimum Gasteiger partial charge on any atom is -0.466 e. The van der Waals surface area contributed by atoms with Gasteiger partial charge in [-0.1, -0.05) is 34.1 Å². The second kappa shape index (κ2) is 12.6. The number of carbonyl (C=O) groups is 1. The lowest BCUT2D eigenvalue weighted by atomic mass is 10.2. The van der Waals surface area contributed by atoms with Crippen LogP contribution in [-0.2, 0) is 16.1 Å². The molecule has 0 saturated heterocycles. The summed E-state index contributed by atoms with van der Waals surface area (Å²) in [4.78, 5) is 17.6. The Hall–Kier alpha value is -0.830. The summed E-state index contributed by atoms with van der Waals surface area (Å²) in [6, 6.07) is 8.12. The Bertz CT molecular complexity index is 512. The molecule has 1 N–H and O–H groups in total. The highest BCUT2D eigenvalue weighted by Crippen LogP contribution is 2.17. The lowest BCUT2D eigenvalue weighted by molar-refractivity contribution is -0.143. The predicted octanol–water partition coefficient (Wildman–Crippen LogP) is 3.42. The first-order valence-corrected chi connectivity index (χ1v) is 8.18. The van der Waals surface area contributed by atoms with Gasteiger partial charge in [0.1, 0.15) is 0 Å². The lowest BCUT2D eigenvalue weighted by Crippen LogP contribution is -2.39. The topological polar surface area (TPSA) is 53.9 Å².